The first-order valence-electron chi connectivity index (χ1n) is 15.8. The molecule has 4 rings (SSSR count). The van der Waals surface area contributed by atoms with Crippen molar-refractivity contribution < 1.29 is 22.7 Å². The van der Waals surface area contributed by atoms with Gasteiger partial charge in [-0.1, -0.05) is 97.8 Å². The number of nitrogens with zero attached hydrogens (tertiary/aromatic N) is 2. The van der Waals surface area contributed by atoms with Gasteiger partial charge in [-0.3, -0.25) is 13.9 Å². The Morgan fingerprint density at radius 2 is 1.38 bits per heavy atom. The Bertz CT molecular complexity index is 1760. The third-order valence-electron chi connectivity index (χ3n) is 7.92. The molecule has 0 spiro atoms. The molecule has 0 fully saturated rings. The summed E-state index contributed by atoms with van der Waals surface area (Å²) in [6.45, 7) is 9.70. The number of benzene rings is 4. The normalized spacial score (nSPS) is 12.0. The van der Waals surface area contributed by atoms with Gasteiger partial charge >= 0.3 is 0 Å². The lowest BCUT2D eigenvalue weighted by Gasteiger charge is -2.34. The van der Waals surface area contributed by atoms with Crippen LogP contribution in [-0.2, 0) is 32.6 Å². The predicted molar refractivity (Wildman–Crippen MR) is 187 cm³/mol. The molecular formula is C38H45N3O5S. The van der Waals surface area contributed by atoms with Crippen LogP contribution in [0.25, 0.3) is 0 Å². The molecule has 0 bridgehead atoms. The summed E-state index contributed by atoms with van der Waals surface area (Å²) in [6, 6.07) is 28.1. The number of hydrogen-bond donors (Lipinski definition) is 1. The minimum atomic E-state index is -4.25. The Labute approximate surface area is 279 Å². The number of aryl methyl sites for hydroxylation is 3. The van der Waals surface area contributed by atoms with Gasteiger partial charge in [-0.15, -0.1) is 0 Å². The first-order valence-corrected chi connectivity index (χ1v) is 17.2. The summed E-state index contributed by atoms with van der Waals surface area (Å²) in [5, 5.41) is 3.02. The molecule has 4 aromatic rings. The molecule has 1 N–H and O–H groups in total. The SMILES string of the molecule is COc1ccc(C)cc1N(CC(=O)N(Cc1ccc(C)cc1)C(Cc1ccccc1)C(=O)NCC(C)C)S(=O)(=O)c1ccc(C)cc1. The maximum atomic E-state index is 14.7. The summed E-state index contributed by atoms with van der Waals surface area (Å²) < 4.78 is 35.4. The molecule has 0 aliphatic heterocycles. The second-order valence-corrected chi connectivity index (χ2v) is 14.2. The van der Waals surface area contributed by atoms with Crippen LogP contribution in [0, 0.1) is 26.7 Å². The monoisotopic (exact) mass is 655 g/mol. The zero-order valence-corrected chi connectivity index (χ0v) is 28.9. The molecule has 0 saturated heterocycles. The number of nitrogens with one attached hydrogen (secondary N) is 1. The number of amides is 2. The summed E-state index contributed by atoms with van der Waals surface area (Å²) in [4.78, 5) is 30.2. The van der Waals surface area contributed by atoms with Gasteiger partial charge in [0.15, 0.2) is 0 Å². The van der Waals surface area contributed by atoms with Crippen molar-refractivity contribution in [2.75, 3.05) is 24.5 Å². The van der Waals surface area contributed by atoms with E-state index in [1.807, 2.05) is 95.3 Å². The Hall–Kier alpha value is -4.63. The van der Waals surface area contributed by atoms with Crippen LogP contribution in [-0.4, -0.2) is 51.4 Å². The number of carbonyl (C=O) groups excluding carboxylic acids is 2. The molecule has 0 radical (unpaired) electrons. The summed E-state index contributed by atoms with van der Waals surface area (Å²) in [5.41, 5.74) is 4.69. The molecular weight excluding hydrogens is 611 g/mol. The van der Waals surface area contributed by atoms with Gasteiger partial charge in [0, 0.05) is 19.5 Å². The van der Waals surface area contributed by atoms with Crippen molar-refractivity contribution in [2.45, 2.75) is 58.5 Å². The van der Waals surface area contributed by atoms with E-state index in [0.717, 1.165) is 32.1 Å². The molecule has 1 unspecified atom stereocenters. The van der Waals surface area contributed by atoms with E-state index in [2.05, 4.69) is 5.32 Å². The van der Waals surface area contributed by atoms with Crippen molar-refractivity contribution in [3.63, 3.8) is 0 Å². The largest absolute Gasteiger partial charge is 0.495 e. The van der Waals surface area contributed by atoms with Crippen LogP contribution >= 0.6 is 0 Å². The van der Waals surface area contributed by atoms with Crippen LogP contribution < -0.4 is 14.4 Å². The lowest BCUT2D eigenvalue weighted by Crippen LogP contribution is -2.53. The van der Waals surface area contributed by atoms with E-state index in [4.69, 9.17) is 4.74 Å². The zero-order valence-electron chi connectivity index (χ0n) is 28.1. The summed E-state index contributed by atoms with van der Waals surface area (Å²) in [5.74, 6) is -0.323. The van der Waals surface area contributed by atoms with E-state index in [0.29, 0.717) is 12.3 Å². The lowest BCUT2D eigenvalue weighted by atomic mass is 10.0. The quantitative estimate of drug-likeness (QED) is 0.174. The summed E-state index contributed by atoms with van der Waals surface area (Å²) in [7, 11) is -2.78. The van der Waals surface area contributed by atoms with Gasteiger partial charge in [0.25, 0.3) is 10.0 Å². The van der Waals surface area contributed by atoms with E-state index in [1.54, 1.807) is 24.3 Å². The van der Waals surface area contributed by atoms with Gasteiger partial charge < -0.3 is 15.0 Å². The molecule has 0 aliphatic carbocycles. The van der Waals surface area contributed by atoms with Crippen LogP contribution in [0.15, 0.2) is 102 Å². The van der Waals surface area contributed by atoms with E-state index in [-0.39, 0.29) is 35.4 Å². The van der Waals surface area contributed by atoms with Crippen molar-refractivity contribution >= 4 is 27.5 Å². The van der Waals surface area contributed by atoms with Gasteiger partial charge in [-0.25, -0.2) is 8.42 Å². The molecule has 0 aliphatic rings. The van der Waals surface area contributed by atoms with Crippen molar-refractivity contribution in [1.29, 1.82) is 0 Å². The van der Waals surface area contributed by atoms with Crippen molar-refractivity contribution in [2.24, 2.45) is 5.92 Å². The first-order chi connectivity index (χ1) is 22.4. The highest BCUT2D eigenvalue weighted by Gasteiger charge is 2.35. The van der Waals surface area contributed by atoms with Gasteiger partial charge in [-0.05, 0) is 67.6 Å². The summed E-state index contributed by atoms with van der Waals surface area (Å²) >= 11 is 0. The fourth-order valence-electron chi connectivity index (χ4n) is 5.21. The smallest absolute Gasteiger partial charge is 0.264 e. The number of anilines is 1. The van der Waals surface area contributed by atoms with Crippen molar-refractivity contribution in [3.05, 3.63) is 125 Å². The molecule has 248 valence electrons. The number of ether oxygens (including phenoxy) is 1. The maximum Gasteiger partial charge on any atom is 0.264 e. The van der Waals surface area contributed by atoms with Crippen molar-refractivity contribution in [3.8, 4) is 5.75 Å². The molecule has 0 aromatic heterocycles. The zero-order chi connectivity index (χ0) is 34.1. The molecule has 8 nitrogen and oxygen atoms in total. The number of rotatable bonds is 14. The number of sulfonamides is 1. The average molecular weight is 656 g/mol. The molecule has 1 atom stereocenters. The minimum absolute atomic E-state index is 0.0417. The third-order valence-corrected chi connectivity index (χ3v) is 9.69. The van der Waals surface area contributed by atoms with Gasteiger partial charge in [0.2, 0.25) is 11.8 Å². The fourth-order valence-corrected chi connectivity index (χ4v) is 6.63. The molecule has 4 aromatic carbocycles. The van der Waals surface area contributed by atoms with Crippen LogP contribution in [0.4, 0.5) is 5.69 Å². The Kier molecular flexibility index (Phi) is 11.8. The molecule has 0 saturated carbocycles. The minimum Gasteiger partial charge on any atom is -0.495 e. The van der Waals surface area contributed by atoms with E-state index in [1.165, 1.54) is 24.1 Å². The topological polar surface area (TPSA) is 96.0 Å². The van der Waals surface area contributed by atoms with Gasteiger partial charge in [-0.2, -0.15) is 0 Å². The average Bonchev–Trinajstić information content (AvgIpc) is 3.05. The van der Waals surface area contributed by atoms with Gasteiger partial charge in [0.05, 0.1) is 17.7 Å². The van der Waals surface area contributed by atoms with Crippen LogP contribution in [0.5, 0.6) is 5.75 Å². The fraction of sp³-hybridized carbons (Fsp3) is 0.316. The van der Waals surface area contributed by atoms with Gasteiger partial charge in [0.1, 0.15) is 18.3 Å². The predicted octanol–water partition coefficient (Wildman–Crippen LogP) is 6.23. The standard InChI is InChI=1S/C38H45N3O5S/c1-27(2)24-39-38(43)35(23-31-10-8-7-9-11-31)40(25-32-17-12-28(3)13-18-32)37(42)26-41(34-22-30(5)16-21-36(34)46-6)47(44,45)33-19-14-29(4)15-20-33/h7-22,27,35H,23-26H2,1-6H3,(H,39,43). The maximum absolute atomic E-state index is 14.7. The Balaban J connectivity index is 1.84. The number of carbonyl (C=O) groups is 2. The molecule has 0 heterocycles. The van der Waals surface area contributed by atoms with Crippen LogP contribution in [0.2, 0.25) is 0 Å². The Morgan fingerprint density at radius 3 is 1.98 bits per heavy atom. The van der Waals surface area contributed by atoms with E-state index in [9.17, 15) is 18.0 Å². The van der Waals surface area contributed by atoms with E-state index >= 15 is 0 Å². The summed E-state index contributed by atoms with van der Waals surface area (Å²) in [6.07, 6.45) is 0.251. The lowest BCUT2D eigenvalue weighted by molar-refractivity contribution is -0.140. The van der Waals surface area contributed by atoms with Crippen LogP contribution in [0.3, 0.4) is 0 Å². The second kappa shape index (κ2) is 15.8. The first kappa shape index (κ1) is 35.2. The molecule has 9 heteroatoms. The highest BCUT2D eigenvalue weighted by atomic mass is 32.2. The van der Waals surface area contributed by atoms with Crippen LogP contribution in [0.1, 0.15) is 41.7 Å². The number of hydrogen-bond acceptors (Lipinski definition) is 5. The van der Waals surface area contributed by atoms with Crippen molar-refractivity contribution in [1.82, 2.24) is 10.2 Å². The second-order valence-electron chi connectivity index (χ2n) is 12.4. The molecule has 47 heavy (non-hydrogen) atoms. The highest BCUT2D eigenvalue weighted by Crippen LogP contribution is 2.34. The highest BCUT2D eigenvalue weighted by molar-refractivity contribution is 7.92. The van der Waals surface area contributed by atoms with E-state index < -0.39 is 28.5 Å². The number of methoxy groups -OCH3 is 1. The third kappa shape index (κ3) is 9.23. The Morgan fingerprint density at radius 1 is 0.787 bits per heavy atom. The molecule has 2 amide bonds.